The summed E-state index contributed by atoms with van der Waals surface area (Å²) in [6.07, 6.45) is 0.310. The third kappa shape index (κ3) is 3.35. The van der Waals surface area contributed by atoms with Crippen LogP contribution in [0.4, 0.5) is 22.0 Å². The Morgan fingerprint density at radius 1 is 0.920 bits per heavy atom. The number of ketones is 1. The summed E-state index contributed by atoms with van der Waals surface area (Å²) in [6.45, 7) is 0.561. The van der Waals surface area contributed by atoms with Crippen LogP contribution in [0.3, 0.4) is 0 Å². The number of aromatic hydroxyl groups is 2. The average molecular weight is 362 g/mol. The van der Waals surface area contributed by atoms with Crippen LogP contribution in [-0.2, 0) is 6.42 Å². The largest absolute Gasteiger partial charge is 0.508 e. The molecule has 0 aliphatic carbocycles. The standard InChI is InChI=1S/C16H11F5O4/c1-2-6-3-7(9(23)4-8(6)22)10(24)5-25-16-14(20)12(18)11(17)13(19)15(16)21/h3-4,22-23H,2,5H2,1H3. The first-order valence-electron chi connectivity index (χ1n) is 6.91. The van der Waals surface area contributed by atoms with Crippen LogP contribution in [0.1, 0.15) is 22.8 Å². The molecule has 0 aliphatic heterocycles. The first-order chi connectivity index (χ1) is 11.7. The lowest BCUT2D eigenvalue weighted by Gasteiger charge is -2.11. The quantitative estimate of drug-likeness (QED) is 0.369. The zero-order valence-corrected chi connectivity index (χ0v) is 12.7. The molecule has 0 saturated heterocycles. The predicted molar refractivity (Wildman–Crippen MR) is 75.2 cm³/mol. The summed E-state index contributed by atoms with van der Waals surface area (Å²) in [4.78, 5) is 12.0. The summed E-state index contributed by atoms with van der Waals surface area (Å²) in [5.74, 6) is -14.7. The molecule has 134 valence electrons. The van der Waals surface area contributed by atoms with Crippen molar-refractivity contribution < 1.29 is 41.7 Å². The number of hydrogen-bond acceptors (Lipinski definition) is 4. The van der Waals surface area contributed by atoms with Crippen molar-refractivity contribution in [2.75, 3.05) is 6.61 Å². The molecule has 0 unspecified atom stereocenters. The van der Waals surface area contributed by atoms with Gasteiger partial charge in [0.05, 0.1) is 5.56 Å². The highest BCUT2D eigenvalue weighted by atomic mass is 19.2. The maximum absolute atomic E-state index is 13.5. The second-order valence-electron chi connectivity index (χ2n) is 4.96. The van der Waals surface area contributed by atoms with Crippen molar-refractivity contribution in [1.29, 1.82) is 0 Å². The fourth-order valence-corrected chi connectivity index (χ4v) is 2.06. The lowest BCUT2D eigenvalue weighted by molar-refractivity contribution is 0.0910. The zero-order chi connectivity index (χ0) is 18.9. The Kier molecular flexibility index (Phi) is 5.15. The molecule has 0 heterocycles. The number of aryl methyl sites for hydroxylation is 1. The van der Waals surface area contributed by atoms with Gasteiger partial charge in [-0.05, 0) is 18.1 Å². The highest BCUT2D eigenvalue weighted by Crippen LogP contribution is 2.31. The van der Waals surface area contributed by atoms with Crippen LogP contribution in [0.15, 0.2) is 12.1 Å². The van der Waals surface area contributed by atoms with E-state index in [0.29, 0.717) is 12.0 Å². The van der Waals surface area contributed by atoms with Crippen LogP contribution >= 0.6 is 0 Å². The number of halogens is 5. The van der Waals surface area contributed by atoms with Crippen molar-refractivity contribution in [3.05, 3.63) is 52.3 Å². The fourth-order valence-electron chi connectivity index (χ4n) is 2.06. The number of Topliss-reactive ketones (excluding diaryl/α,β-unsaturated/α-hetero) is 1. The first kappa shape index (κ1) is 18.5. The van der Waals surface area contributed by atoms with Gasteiger partial charge in [-0.3, -0.25) is 4.79 Å². The maximum atomic E-state index is 13.5. The van der Waals surface area contributed by atoms with E-state index in [1.165, 1.54) is 0 Å². The highest BCUT2D eigenvalue weighted by molar-refractivity contribution is 6.00. The number of phenols is 2. The van der Waals surface area contributed by atoms with Crippen molar-refractivity contribution in [1.82, 2.24) is 0 Å². The van der Waals surface area contributed by atoms with E-state index in [1.807, 2.05) is 0 Å². The van der Waals surface area contributed by atoms with Gasteiger partial charge in [-0.15, -0.1) is 0 Å². The maximum Gasteiger partial charge on any atom is 0.207 e. The number of carbonyl (C=O) groups is 1. The fraction of sp³-hybridized carbons (Fsp3) is 0.188. The third-order valence-electron chi connectivity index (χ3n) is 3.40. The zero-order valence-electron chi connectivity index (χ0n) is 12.7. The molecule has 0 spiro atoms. The molecule has 0 aliphatic rings. The monoisotopic (exact) mass is 362 g/mol. The van der Waals surface area contributed by atoms with E-state index in [-0.39, 0.29) is 11.3 Å². The van der Waals surface area contributed by atoms with Gasteiger partial charge in [-0.1, -0.05) is 6.92 Å². The van der Waals surface area contributed by atoms with Gasteiger partial charge in [-0.25, -0.2) is 13.2 Å². The minimum absolute atomic E-state index is 0.266. The molecular weight excluding hydrogens is 351 g/mol. The van der Waals surface area contributed by atoms with Crippen LogP contribution in [0.25, 0.3) is 0 Å². The molecule has 2 aromatic carbocycles. The molecule has 0 aromatic heterocycles. The second kappa shape index (κ2) is 6.96. The Morgan fingerprint density at radius 2 is 1.44 bits per heavy atom. The van der Waals surface area contributed by atoms with Crippen LogP contribution in [0.2, 0.25) is 0 Å². The van der Waals surface area contributed by atoms with Crippen LogP contribution in [0, 0.1) is 29.1 Å². The smallest absolute Gasteiger partial charge is 0.207 e. The molecule has 0 amide bonds. The molecule has 9 heteroatoms. The van der Waals surface area contributed by atoms with Crippen molar-refractivity contribution in [2.24, 2.45) is 0 Å². The number of carbonyl (C=O) groups excluding carboxylic acids is 1. The SMILES string of the molecule is CCc1cc(C(=O)COc2c(F)c(F)c(F)c(F)c2F)c(O)cc1O. The van der Waals surface area contributed by atoms with E-state index in [2.05, 4.69) is 4.74 Å². The van der Waals surface area contributed by atoms with Crippen LogP contribution < -0.4 is 4.74 Å². The number of benzene rings is 2. The summed E-state index contributed by atoms with van der Waals surface area (Å²) in [7, 11) is 0. The molecule has 0 saturated carbocycles. The van der Waals surface area contributed by atoms with Gasteiger partial charge in [0.1, 0.15) is 11.5 Å². The lowest BCUT2D eigenvalue weighted by Crippen LogP contribution is -2.15. The van der Waals surface area contributed by atoms with Gasteiger partial charge in [0.2, 0.25) is 34.9 Å². The van der Waals surface area contributed by atoms with Crippen molar-refractivity contribution in [3.63, 3.8) is 0 Å². The number of ether oxygens (including phenoxy) is 1. The first-order valence-corrected chi connectivity index (χ1v) is 6.91. The van der Waals surface area contributed by atoms with Gasteiger partial charge in [0, 0.05) is 6.07 Å². The molecule has 2 aromatic rings. The number of rotatable bonds is 5. The molecule has 0 fully saturated rings. The molecule has 0 radical (unpaired) electrons. The molecule has 2 rings (SSSR count). The van der Waals surface area contributed by atoms with Crippen LogP contribution in [0.5, 0.6) is 17.2 Å². The minimum atomic E-state index is -2.35. The van der Waals surface area contributed by atoms with E-state index >= 15 is 0 Å². The molecule has 0 bridgehead atoms. The second-order valence-corrected chi connectivity index (χ2v) is 4.96. The topological polar surface area (TPSA) is 66.8 Å². The summed E-state index contributed by atoms with van der Waals surface area (Å²) in [5.41, 5.74) is -0.0316. The highest BCUT2D eigenvalue weighted by Gasteiger charge is 2.27. The molecule has 25 heavy (non-hydrogen) atoms. The summed E-state index contributed by atoms with van der Waals surface area (Å²) in [5, 5.41) is 19.2. The lowest BCUT2D eigenvalue weighted by atomic mass is 10.0. The Bertz CT molecular complexity index is 822. The van der Waals surface area contributed by atoms with E-state index < -0.39 is 53.0 Å². The Labute approximate surface area is 138 Å². The summed E-state index contributed by atoms with van der Waals surface area (Å²) in [6, 6.07) is 2.03. The van der Waals surface area contributed by atoms with Gasteiger partial charge in [0.25, 0.3) is 0 Å². The van der Waals surface area contributed by atoms with E-state index in [4.69, 9.17) is 0 Å². The Morgan fingerprint density at radius 3 is 1.96 bits per heavy atom. The van der Waals surface area contributed by atoms with Gasteiger partial charge >= 0.3 is 0 Å². The van der Waals surface area contributed by atoms with E-state index in [1.54, 1.807) is 6.92 Å². The third-order valence-corrected chi connectivity index (χ3v) is 3.40. The molecule has 2 N–H and O–H groups in total. The number of hydrogen-bond donors (Lipinski definition) is 2. The van der Waals surface area contributed by atoms with E-state index in [0.717, 1.165) is 12.1 Å². The predicted octanol–water partition coefficient (Wildman–Crippen LogP) is 3.62. The number of phenolic OH excluding ortho intramolecular Hbond substituents is 2. The van der Waals surface area contributed by atoms with Crippen molar-refractivity contribution in [3.8, 4) is 17.2 Å². The van der Waals surface area contributed by atoms with Crippen molar-refractivity contribution >= 4 is 5.78 Å². The molecular formula is C16H11F5O4. The van der Waals surface area contributed by atoms with Gasteiger partial charge < -0.3 is 14.9 Å². The molecule has 4 nitrogen and oxygen atoms in total. The summed E-state index contributed by atoms with van der Waals surface area (Å²) >= 11 is 0. The van der Waals surface area contributed by atoms with Crippen molar-refractivity contribution in [2.45, 2.75) is 13.3 Å². The van der Waals surface area contributed by atoms with E-state index in [9.17, 15) is 37.0 Å². The van der Waals surface area contributed by atoms with Crippen LogP contribution in [-0.4, -0.2) is 22.6 Å². The molecule has 0 atom stereocenters. The Hall–Kier alpha value is -2.84. The van der Waals surface area contributed by atoms with Gasteiger partial charge in [-0.2, -0.15) is 8.78 Å². The summed E-state index contributed by atoms with van der Waals surface area (Å²) < 4.78 is 70.4. The Balaban J connectivity index is 2.30. The van der Waals surface area contributed by atoms with Gasteiger partial charge in [0.15, 0.2) is 12.4 Å². The minimum Gasteiger partial charge on any atom is -0.508 e. The normalized spacial score (nSPS) is 10.8. The average Bonchev–Trinajstić information content (AvgIpc) is 2.58.